The lowest BCUT2D eigenvalue weighted by Gasteiger charge is -2.08. The summed E-state index contributed by atoms with van der Waals surface area (Å²) in [4.78, 5) is 31.9. The van der Waals surface area contributed by atoms with Gasteiger partial charge in [-0.05, 0) is 12.1 Å². The summed E-state index contributed by atoms with van der Waals surface area (Å²) in [7, 11) is 0. The number of anilines is 1. The molecule has 0 heterocycles. The average molecular weight is 255 g/mol. The molecule has 1 aromatic rings. The Labute approximate surface area is 100 Å². The van der Waals surface area contributed by atoms with E-state index in [2.05, 4.69) is 4.74 Å². The number of carbonyl (C=O) groups is 3. The monoisotopic (exact) mass is 255 g/mol. The van der Waals surface area contributed by atoms with Crippen molar-refractivity contribution in [3.63, 3.8) is 0 Å². The SMILES string of the molecule is O=C(O)COC(=O)Nc1cccc(C(=O)O)c1O. The highest BCUT2D eigenvalue weighted by molar-refractivity contribution is 5.96. The van der Waals surface area contributed by atoms with Crippen LogP contribution in [0, 0.1) is 0 Å². The van der Waals surface area contributed by atoms with Crippen molar-refractivity contribution in [2.45, 2.75) is 0 Å². The summed E-state index contributed by atoms with van der Waals surface area (Å²) < 4.78 is 4.25. The number of ether oxygens (including phenoxy) is 1. The molecule has 1 aromatic carbocycles. The molecule has 4 N–H and O–H groups in total. The maximum Gasteiger partial charge on any atom is 0.412 e. The maximum atomic E-state index is 11.1. The van der Waals surface area contributed by atoms with Gasteiger partial charge in [0.2, 0.25) is 0 Å². The highest BCUT2D eigenvalue weighted by Crippen LogP contribution is 2.27. The quantitative estimate of drug-likeness (QED) is 0.582. The number of para-hydroxylation sites is 1. The first kappa shape index (κ1) is 13.3. The zero-order valence-electron chi connectivity index (χ0n) is 8.91. The van der Waals surface area contributed by atoms with Gasteiger partial charge in [-0.2, -0.15) is 0 Å². The number of carboxylic acid groups (broad SMARTS) is 2. The Bertz CT molecular complexity index is 497. The van der Waals surface area contributed by atoms with Crippen molar-refractivity contribution in [1.82, 2.24) is 0 Å². The van der Waals surface area contributed by atoms with E-state index in [1.165, 1.54) is 12.1 Å². The fourth-order valence-electron chi connectivity index (χ4n) is 1.09. The highest BCUT2D eigenvalue weighted by atomic mass is 16.6. The average Bonchev–Trinajstić information content (AvgIpc) is 2.29. The van der Waals surface area contributed by atoms with Gasteiger partial charge < -0.3 is 20.1 Å². The van der Waals surface area contributed by atoms with Crippen molar-refractivity contribution in [1.29, 1.82) is 0 Å². The molecule has 0 unspecified atom stereocenters. The molecule has 0 radical (unpaired) electrons. The number of hydrogen-bond donors (Lipinski definition) is 4. The number of carboxylic acids is 2. The van der Waals surface area contributed by atoms with Gasteiger partial charge in [0.1, 0.15) is 5.56 Å². The molecule has 8 nitrogen and oxygen atoms in total. The Kier molecular flexibility index (Phi) is 4.08. The molecule has 96 valence electrons. The summed E-state index contributed by atoms with van der Waals surface area (Å²) in [6, 6.07) is 3.69. The third kappa shape index (κ3) is 3.37. The number of aromatic carboxylic acids is 1. The van der Waals surface area contributed by atoms with Crippen LogP contribution in [0.3, 0.4) is 0 Å². The van der Waals surface area contributed by atoms with Crippen LogP contribution in [0.15, 0.2) is 18.2 Å². The van der Waals surface area contributed by atoms with Gasteiger partial charge in [0.05, 0.1) is 5.69 Å². The lowest BCUT2D eigenvalue weighted by Crippen LogP contribution is -2.18. The van der Waals surface area contributed by atoms with Gasteiger partial charge in [-0.1, -0.05) is 6.07 Å². The number of carbonyl (C=O) groups excluding carboxylic acids is 1. The predicted molar refractivity (Wildman–Crippen MR) is 57.7 cm³/mol. The Morgan fingerprint density at radius 3 is 2.44 bits per heavy atom. The molecule has 1 amide bonds. The van der Waals surface area contributed by atoms with Gasteiger partial charge in [-0.3, -0.25) is 5.32 Å². The first-order valence-corrected chi connectivity index (χ1v) is 4.62. The van der Waals surface area contributed by atoms with Crippen LogP contribution in [0.1, 0.15) is 10.4 Å². The Hall–Kier alpha value is -2.77. The van der Waals surface area contributed by atoms with Crippen LogP contribution in [0.25, 0.3) is 0 Å². The van der Waals surface area contributed by atoms with Crippen molar-refractivity contribution in [2.75, 3.05) is 11.9 Å². The molecule has 0 aliphatic rings. The highest BCUT2D eigenvalue weighted by Gasteiger charge is 2.15. The standard InChI is InChI=1S/C10H9NO7/c12-7(13)4-18-10(17)11-6-3-1-2-5(8(6)14)9(15)16/h1-3,14H,4H2,(H,11,17)(H,12,13)(H,15,16). The molecular formula is C10H9NO7. The number of aliphatic carboxylic acids is 1. The lowest BCUT2D eigenvalue weighted by atomic mass is 10.2. The molecule has 0 spiro atoms. The summed E-state index contributed by atoms with van der Waals surface area (Å²) in [5.74, 6) is -3.35. The molecule has 8 heteroatoms. The fraction of sp³-hybridized carbons (Fsp3) is 0.100. The Balaban J connectivity index is 2.79. The van der Waals surface area contributed by atoms with Crippen LogP contribution < -0.4 is 5.32 Å². The van der Waals surface area contributed by atoms with E-state index in [1.807, 2.05) is 5.32 Å². The van der Waals surface area contributed by atoms with E-state index >= 15 is 0 Å². The third-order valence-electron chi connectivity index (χ3n) is 1.83. The van der Waals surface area contributed by atoms with Gasteiger partial charge in [0.15, 0.2) is 12.4 Å². The van der Waals surface area contributed by atoms with Crippen LogP contribution in [-0.2, 0) is 9.53 Å². The van der Waals surface area contributed by atoms with E-state index in [9.17, 15) is 19.5 Å². The molecule has 18 heavy (non-hydrogen) atoms. The fourth-order valence-corrected chi connectivity index (χ4v) is 1.09. The number of aromatic hydroxyl groups is 1. The first-order chi connectivity index (χ1) is 8.41. The van der Waals surface area contributed by atoms with Crippen LogP contribution in [0.5, 0.6) is 5.75 Å². The van der Waals surface area contributed by atoms with Crippen molar-refractivity contribution < 1.29 is 34.4 Å². The van der Waals surface area contributed by atoms with Crippen molar-refractivity contribution in [3.8, 4) is 5.75 Å². The van der Waals surface area contributed by atoms with E-state index in [4.69, 9.17) is 10.2 Å². The number of rotatable bonds is 4. The molecule has 0 atom stereocenters. The van der Waals surface area contributed by atoms with Crippen molar-refractivity contribution in [2.24, 2.45) is 0 Å². The van der Waals surface area contributed by atoms with Crippen LogP contribution in [0.2, 0.25) is 0 Å². The van der Waals surface area contributed by atoms with Gasteiger partial charge in [0, 0.05) is 0 Å². The molecule has 0 bridgehead atoms. The largest absolute Gasteiger partial charge is 0.505 e. The molecule has 0 fully saturated rings. The van der Waals surface area contributed by atoms with Gasteiger partial charge in [-0.25, -0.2) is 14.4 Å². The zero-order chi connectivity index (χ0) is 13.7. The molecule has 0 saturated carbocycles. The van der Waals surface area contributed by atoms with Gasteiger partial charge >= 0.3 is 18.0 Å². The predicted octanol–water partition coefficient (Wildman–Crippen LogP) is 0.724. The van der Waals surface area contributed by atoms with Gasteiger partial charge in [0.25, 0.3) is 0 Å². The second-order valence-corrected chi connectivity index (χ2v) is 3.10. The second-order valence-electron chi connectivity index (χ2n) is 3.10. The summed E-state index contributed by atoms with van der Waals surface area (Å²) in [5.41, 5.74) is -0.587. The third-order valence-corrected chi connectivity index (χ3v) is 1.83. The molecule has 0 saturated heterocycles. The van der Waals surface area contributed by atoms with E-state index in [-0.39, 0.29) is 5.69 Å². The second kappa shape index (κ2) is 5.53. The maximum absolute atomic E-state index is 11.1. The van der Waals surface area contributed by atoms with Crippen LogP contribution in [-0.4, -0.2) is 40.0 Å². The number of phenols is 1. The van der Waals surface area contributed by atoms with E-state index < -0.39 is 36.0 Å². The van der Waals surface area contributed by atoms with E-state index in [0.717, 1.165) is 6.07 Å². The first-order valence-electron chi connectivity index (χ1n) is 4.62. The smallest absolute Gasteiger partial charge is 0.412 e. The lowest BCUT2D eigenvalue weighted by molar-refractivity contribution is -0.140. The summed E-state index contributed by atoms with van der Waals surface area (Å²) in [6.07, 6.45) is -1.12. The normalized spacial score (nSPS) is 9.56. The number of amides is 1. The van der Waals surface area contributed by atoms with Gasteiger partial charge in [-0.15, -0.1) is 0 Å². The van der Waals surface area contributed by atoms with Crippen LogP contribution >= 0.6 is 0 Å². The zero-order valence-corrected chi connectivity index (χ0v) is 8.91. The Morgan fingerprint density at radius 1 is 1.22 bits per heavy atom. The van der Waals surface area contributed by atoms with E-state index in [1.54, 1.807) is 0 Å². The summed E-state index contributed by atoms with van der Waals surface area (Å²) in [6.45, 7) is -0.842. The Morgan fingerprint density at radius 2 is 1.89 bits per heavy atom. The summed E-state index contributed by atoms with van der Waals surface area (Å²) >= 11 is 0. The topological polar surface area (TPSA) is 133 Å². The molecule has 0 aliphatic heterocycles. The molecule has 1 rings (SSSR count). The summed E-state index contributed by atoms with van der Waals surface area (Å²) in [5, 5.41) is 28.5. The molecule has 0 aromatic heterocycles. The van der Waals surface area contributed by atoms with Crippen LogP contribution in [0.4, 0.5) is 10.5 Å². The van der Waals surface area contributed by atoms with E-state index in [0.29, 0.717) is 0 Å². The number of hydrogen-bond acceptors (Lipinski definition) is 5. The van der Waals surface area contributed by atoms with Crippen molar-refractivity contribution in [3.05, 3.63) is 23.8 Å². The number of nitrogens with one attached hydrogen (secondary N) is 1. The van der Waals surface area contributed by atoms with Crippen molar-refractivity contribution >= 4 is 23.7 Å². The molecular weight excluding hydrogens is 246 g/mol. The number of benzene rings is 1. The minimum Gasteiger partial charge on any atom is -0.505 e. The minimum atomic E-state index is -1.37. The molecule has 0 aliphatic carbocycles. The minimum absolute atomic E-state index is 0.190.